The van der Waals surface area contributed by atoms with Gasteiger partial charge < -0.3 is 20.3 Å². The Hall–Kier alpha value is -3.23. The van der Waals surface area contributed by atoms with Crippen LogP contribution in [0.1, 0.15) is 17.2 Å². The van der Waals surface area contributed by atoms with E-state index in [1.54, 1.807) is 24.3 Å². The number of rotatable bonds is 6. The van der Waals surface area contributed by atoms with Gasteiger partial charge >= 0.3 is 6.18 Å². The van der Waals surface area contributed by atoms with E-state index in [9.17, 15) is 18.0 Å². The van der Waals surface area contributed by atoms with Crippen molar-refractivity contribution < 1.29 is 22.7 Å². The number of hydrogen-bond acceptors (Lipinski definition) is 4. The smallest absolute Gasteiger partial charge is 0.378 e. The summed E-state index contributed by atoms with van der Waals surface area (Å²) < 4.78 is 44.8. The molecule has 1 aliphatic rings. The summed E-state index contributed by atoms with van der Waals surface area (Å²) in [4.78, 5) is 15.4. The number of anilines is 3. The van der Waals surface area contributed by atoms with E-state index in [1.165, 1.54) is 0 Å². The number of carbonyl (C=O) groups excluding carboxylic acids is 1. The van der Waals surface area contributed by atoms with Gasteiger partial charge in [0.25, 0.3) is 5.91 Å². The minimum Gasteiger partial charge on any atom is -0.378 e. The number of morpholine rings is 1. The lowest BCUT2D eigenvalue weighted by Crippen LogP contribution is -2.36. The van der Waals surface area contributed by atoms with E-state index in [-0.39, 0.29) is 10.7 Å². The third-order valence-electron chi connectivity index (χ3n) is 5.50. The van der Waals surface area contributed by atoms with E-state index in [0.29, 0.717) is 24.5 Å². The van der Waals surface area contributed by atoms with Gasteiger partial charge in [0.2, 0.25) is 0 Å². The highest BCUT2D eigenvalue weighted by atomic mass is 35.5. The summed E-state index contributed by atoms with van der Waals surface area (Å²) in [6.45, 7) is 2.96. The van der Waals surface area contributed by atoms with Gasteiger partial charge in [0, 0.05) is 24.5 Å². The van der Waals surface area contributed by atoms with E-state index in [4.69, 9.17) is 16.3 Å². The summed E-state index contributed by atoms with van der Waals surface area (Å²) in [5.41, 5.74) is 1.39. The van der Waals surface area contributed by atoms with Crippen LogP contribution in [0.15, 0.2) is 72.8 Å². The molecular formula is C25H23ClF3N3O2. The molecule has 5 nitrogen and oxygen atoms in total. The van der Waals surface area contributed by atoms with Crippen LogP contribution in [-0.4, -0.2) is 32.2 Å². The molecule has 1 atom stereocenters. The predicted molar refractivity (Wildman–Crippen MR) is 127 cm³/mol. The van der Waals surface area contributed by atoms with E-state index in [0.717, 1.165) is 37.0 Å². The van der Waals surface area contributed by atoms with Crippen LogP contribution in [0.2, 0.25) is 5.02 Å². The van der Waals surface area contributed by atoms with Gasteiger partial charge in [0.15, 0.2) is 0 Å². The first kappa shape index (κ1) is 23.9. The van der Waals surface area contributed by atoms with Crippen LogP contribution in [0.5, 0.6) is 0 Å². The van der Waals surface area contributed by atoms with Crippen LogP contribution < -0.4 is 15.5 Å². The van der Waals surface area contributed by atoms with Crippen molar-refractivity contribution in [3.8, 4) is 0 Å². The van der Waals surface area contributed by atoms with E-state index in [1.807, 2.05) is 30.3 Å². The molecule has 0 bridgehead atoms. The second-order valence-electron chi connectivity index (χ2n) is 7.82. The Morgan fingerprint density at radius 1 is 0.971 bits per heavy atom. The third kappa shape index (κ3) is 5.81. The Morgan fingerprint density at radius 3 is 2.29 bits per heavy atom. The number of ether oxygens (including phenoxy) is 1. The fraction of sp³-hybridized carbons (Fsp3) is 0.240. The molecule has 0 spiro atoms. The lowest BCUT2D eigenvalue weighted by Gasteiger charge is -2.29. The summed E-state index contributed by atoms with van der Waals surface area (Å²) in [6.07, 6.45) is -4.55. The maximum absolute atomic E-state index is 13.2. The molecule has 1 fully saturated rings. The molecule has 0 radical (unpaired) electrons. The van der Waals surface area contributed by atoms with Gasteiger partial charge in [-0.2, -0.15) is 13.2 Å². The van der Waals surface area contributed by atoms with Crippen LogP contribution in [0.3, 0.4) is 0 Å². The molecular weight excluding hydrogens is 467 g/mol. The molecule has 0 aliphatic carbocycles. The molecule has 2 N–H and O–H groups in total. The summed E-state index contributed by atoms with van der Waals surface area (Å²) in [5, 5.41) is 5.76. The van der Waals surface area contributed by atoms with Crippen LogP contribution in [-0.2, 0) is 15.7 Å². The van der Waals surface area contributed by atoms with Crippen LogP contribution in [0.4, 0.5) is 30.2 Å². The Bertz CT molecular complexity index is 1120. The summed E-state index contributed by atoms with van der Waals surface area (Å²) in [6, 6.07) is 18.5. The third-order valence-corrected chi connectivity index (χ3v) is 5.83. The van der Waals surface area contributed by atoms with Crippen molar-refractivity contribution in [2.24, 2.45) is 0 Å². The zero-order valence-corrected chi connectivity index (χ0v) is 18.9. The zero-order chi connectivity index (χ0) is 24.1. The zero-order valence-electron chi connectivity index (χ0n) is 18.1. The topological polar surface area (TPSA) is 53.6 Å². The Morgan fingerprint density at radius 2 is 1.65 bits per heavy atom. The lowest BCUT2D eigenvalue weighted by atomic mass is 10.1. The number of carbonyl (C=O) groups is 1. The summed E-state index contributed by atoms with van der Waals surface area (Å²) >= 11 is 6.08. The SMILES string of the molecule is O=C(Nc1cc(C(F)(F)F)ccc1Cl)[C@@H](Nc1ccc(N2CCOCC2)cc1)c1ccccc1. The maximum Gasteiger partial charge on any atom is 0.416 e. The molecule has 178 valence electrons. The average molecular weight is 490 g/mol. The Kier molecular flexibility index (Phi) is 7.29. The first-order valence-electron chi connectivity index (χ1n) is 10.7. The fourth-order valence-corrected chi connectivity index (χ4v) is 3.87. The minimum absolute atomic E-state index is 0.0167. The Labute approximate surface area is 200 Å². The van der Waals surface area contributed by atoms with Crippen molar-refractivity contribution in [3.05, 3.63) is 88.9 Å². The first-order chi connectivity index (χ1) is 16.3. The van der Waals surface area contributed by atoms with Gasteiger partial charge in [0.1, 0.15) is 6.04 Å². The molecule has 0 aromatic heterocycles. The van der Waals surface area contributed by atoms with Crippen LogP contribution in [0, 0.1) is 0 Å². The lowest BCUT2D eigenvalue weighted by molar-refractivity contribution is -0.137. The number of nitrogens with one attached hydrogen (secondary N) is 2. The second-order valence-corrected chi connectivity index (χ2v) is 8.22. The molecule has 3 aromatic carbocycles. The van der Waals surface area contributed by atoms with Crippen molar-refractivity contribution >= 4 is 34.6 Å². The number of benzene rings is 3. The van der Waals surface area contributed by atoms with Gasteiger partial charge in [-0.1, -0.05) is 41.9 Å². The number of nitrogens with zero attached hydrogens (tertiary/aromatic N) is 1. The number of halogens is 4. The Balaban J connectivity index is 1.56. The molecule has 0 unspecified atom stereocenters. The highest BCUT2D eigenvalue weighted by Crippen LogP contribution is 2.34. The molecule has 4 rings (SSSR count). The minimum atomic E-state index is -4.55. The largest absolute Gasteiger partial charge is 0.416 e. The van der Waals surface area contributed by atoms with E-state index < -0.39 is 23.7 Å². The molecule has 9 heteroatoms. The molecule has 3 aromatic rings. The first-order valence-corrected chi connectivity index (χ1v) is 11.1. The van der Waals surface area contributed by atoms with Gasteiger partial charge in [0.05, 0.1) is 29.5 Å². The van der Waals surface area contributed by atoms with Crippen LogP contribution >= 0.6 is 11.6 Å². The molecule has 1 aliphatic heterocycles. The standard InChI is InChI=1S/C25H23ClF3N3O2/c26-21-11-6-18(25(27,28)29)16-22(21)31-24(33)23(17-4-2-1-3-5-17)30-19-7-9-20(10-8-19)32-12-14-34-15-13-32/h1-11,16,23,30H,12-15H2,(H,31,33)/t23-/m0/s1. The van der Waals surface area contributed by atoms with Gasteiger partial charge in [-0.05, 0) is 48.0 Å². The number of alkyl halides is 3. The highest BCUT2D eigenvalue weighted by molar-refractivity contribution is 6.33. The quantitative estimate of drug-likeness (QED) is 0.447. The number of hydrogen-bond donors (Lipinski definition) is 2. The molecule has 34 heavy (non-hydrogen) atoms. The van der Waals surface area contributed by atoms with E-state index in [2.05, 4.69) is 15.5 Å². The average Bonchev–Trinajstić information content (AvgIpc) is 2.84. The molecule has 1 heterocycles. The predicted octanol–water partition coefficient (Wildman–Crippen LogP) is 5.99. The highest BCUT2D eigenvalue weighted by Gasteiger charge is 2.31. The monoisotopic (exact) mass is 489 g/mol. The van der Waals surface area contributed by atoms with Gasteiger partial charge in [-0.25, -0.2) is 0 Å². The molecule has 0 saturated carbocycles. The van der Waals surface area contributed by atoms with Crippen molar-refractivity contribution in [2.45, 2.75) is 12.2 Å². The van der Waals surface area contributed by atoms with Gasteiger partial charge in [-0.15, -0.1) is 0 Å². The van der Waals surface area contributed by atoms with Crippen LogP contribution in [0.25, 0.3) is 0 Å². The van der Waals surface area contributed by atoms with Crippen molar-refractivity contribution in [2.75, 3.05) is 41.8 Å². The maximum atomic E-state index is 13.2. The molecule has 1 saturated heterocycles. The second kappa shape index (κ2) is 10.4. The normalized spacial score (nSPS) is 15.0. The molecule has 1 amide bonds. The van der Waals surface area contributed by atoms with E-state index >= 15 is 0 Å². The van der Waals surface area contributed by atoms with Crippen molar-refractivity contribution in [1.29, 1.82) is 0 Å². The van der Waals surface area contributed by atoms with Gasteiger partial charge in [-0.3, -0.25) is 4.79 Å². The fourth-order valence-electron chi connectivity index (χ4n) is 3.70. The van der Waals surface area contributed by atoms with Crippen molar-refractivity contribution in [3.63, 3.8) is 0 Å². The number of amides is 1. The summed E-state index contributed by atoms with van der Waals surface area (Å²) in [5.74, 6) is -0.537. The summed E-state index contributed by atoms with van der Waals surface area (Å²) in [7, 11) is 0. The van der Waals surface area contributed by atoms with Crippen molar-refractivity contribution in [1.82, 2.24) is 0 Å².